The molecule has 2 fully saturated rings. The maximum Gasteiger partial charge on any atom is 0.257 e. The average Bonchev–Trinajstić information content (AvgIpc) is 2.97. The Morgan fingerprint density at radius 2 is 1.79 bits per heavy atom. The zero-order valence-corrected chi connectivity index (χ0v) is 16.9. The Hall–Kier alpha value is -2.29. The van der Waals surface area contributed by atoms with Crippen LogP contribution in [0.15, 0.2) is 35.2 Å². The Kier molecular flexibility index (Phi) is 5.18. The number of carbonyl (C=O) groups excluding carboxylic acids is 2. The van der Waals surface area contributed by atoms with E-state index in [1.807, 2.05) is 19.9 Å². The van der Waals surface area contributed by atoms with Crippen LogP contribution in [0.25, 0.3) is 0 Å². The van der Waals surface area contributed by atoms with Crippen LogP contribution in [0.4, 0.5) is 5.95 Å². The topological polar surface area (TPSA) is 87.2 Å². The predicted octanol–water partition coefficient (Wildman–Crippen LogP) is 1.92. The van der Waals surface area contributed by atoms with E-state index in [2.05, 4.69) is 51.9 Å². The fraction of sp³-hybridized carbons (Fsp3) is 0.400. The van der Waals surface area contributed by atoms with Crippen LogP contribution in [-0.2, 0) is 9.59 Å². The summed E-state index contributed by atoms with van der Waals surface area (Å²) in [4.78, 5) is 35.3. The molecule has 2 N–H and O–H groups in total. The van der Waals surface area contributed by atoms with Gasteiger partial charge in [-0.3, -0.25) is 14.9 Å². The van der Waals surface area contributed by atoms with Gasteiger partial charge in [-0.15, -0.1) is 11.8 Å². The lowest BCUT2D eigenvalue weighted by Gasteiger charge is -2.30. The highest BCUT2D eigenvalue weighted by Crippen LogP contribution is 2.28. The maximum atomic E-state index is 12.8. The second-order valence-corrected chi connectivity index (χ2v) is 8.46. The van der Waals surface area contributed by atoms with Gasteiger partial charge >= 0.3 is 0 Å². The molecule has 1 aromatic carbocycles. The van der Waals surface area contributed by atoms with Crippen molar-refractivity contribution in [3.05, 3.63) is 47.3 Å². The van der Waals surface area contributed by atoms with Gasteiger partial charge in [0.05, 0.1) is 6.17 Å². The first-order valence-corrected chi connectivity index (χ1v) is 10.3. The van der Waals surface area contributed by atoms with Crippen molar-refractivity contribution in [2.24, 2.45) is 5.92 Å². The van der Waals surface area contributed by atoms with Gasteiger partial charge < -0.3 is 0 Å². The number of Topliss-reactive ketones (excluding diaryl/α,β-unsaturated/α-hetero) is 1. The molecule has 2 saturated heterocycles. The highest BCUT2D eigenvalue weighted by atomic mass is 32.2. The summed E-state index contributed by atoms with van der Waals surface area (Å²) in [6.07, 6.45) is -0.0866. The van der Waals surface area contributed by atoms with Crippen molar-refractivity contribution in [1.82, 2.24) is 20.7 Å². The molecule has 2 aromatic rings. The minimum Gasteiger partial charge on any atom is -0.299 e. The number of rotatable bonds is 4. The van der Waals surface area contributed by atoms with Crippen molar-refractivity contribution < 1.29 is 9.59 Å². The molecular weight excluding hydrogens is 374 g/mol. The minimum absolute atomic E-state index is 0.000432. The molecule has 1 aromatic heterocycles. The molecule has 2 aliphatic rings. The summed E-state index contributed by atoms with van der Waals surface area (Å²) in [6.45, 7) is 5.77. The van der Waals surface area contributed by atoms with Gasteiger partial charge in [0.25, 0.3) is 5.91 Å². The van der Waals surface area contributed by atoms with Crippen molar-refractivity contribution in [2.75, 3.05) is 10.8 Å². The summed E-state index contributed by atoms with van der Waals surface area (Å²) in [5.41, 5.74) is 5.87. The van der Waals surface area contributed by atoms with Gasteiger partial charge in [-0.1, -0.05) is 17.7 Å². The van der Waals surface area contributed by atoms with Gasteiger partial charge in [0.1, 0.15) is 11.7 Å². The molecule has 0 radical (unpaired) electrons. The van der Waals surface area contributed by atoms with Crippen molar-refractivity contribution in [1.29, 1.82) is 0 Å². The summed E-state index contributed by atoms with van der Waals surface area (Å²) in [5.74, 6) is -0.0181. The van der Waals surface area contributed by atoms with E-state index in [1.165, 1.54) is 15.5 Å². The molecule has 3 heterocycles. The molecule has 1 amide bonds. The summed E-state index contributed by atoms with van der Waals surface area (Å²) in [5, 5.41) is 4.73. The largest absolute Gasteiger partial charge is 0.299 e. The third-order valence-electron chi connectivity index (χ3n) is 4.94. The Balaban J connectivity index is 1.45. The second kappa shape index (κ2) is 7.62. The number of benzene rings is 1. The van der Waals surface area contributed by atoms with E-state index >= 15 is 0 Å². The smallest absolute Gasteiger partial charge is 0.257 e. The summed E-state index contributed by atoms with van der Waals surface area (Å²) >= 11 is 1.71. The second-order valence-electron chi connectivity index (χ2n) is 7.37. The average molecular weight is 398 g/mol. The molecule has 4 rings (SSSR count). The van der Waals surface area contributed by atoms with Gasteiger partial charge in [-0.05, 0) is 39.0 Å². The molecule has 0 spiro atoms. The molecule has 0 saturated carbocycles. The van der Waals surface area contributed by atoms with E-state index in [4.69, 9.17) is 0 Å². The summed E-state index contributed by atoms with van der Waals surface area (Å²) in [7, 11) is 0. The van der Waals surface area contributed by atoms with E-state index in [0.717, 1.165) is 17.1 Å². The molecule has 7 nitrogen and oxygen atoms in total. The predicted molar refractivity (Wildman–Crippen MR) is 108 cm³/mol. The van der Waals surface area contributed by atoms with Crippen LogP contribution < -0.4 is 15.8 Å². The van der Waals surface area contributed by atoms with Crippen LogP contribution in [0, 0.1) is 26.7 Å². The molecule has 3 unspecified atom stereocenters. The van der Waals surface area contributed by atoms with E-state index in [1.54, 1.807) is 11.8 Å². The van der Waals surface area contributed by atoms with Crippen LogP contribution in [0.5, 0.6) is 0 Å². The van der Waals surface area contributed by atoms with Crippen LogP contribution in [0.3, 0.4) is 0 Å². The number of fused-ring (bicyclic) bond motifs is 1. The van der Waals surface area contributed by atoms with E-state index < -0.39 is 12.1 Å². The van der Waals surface area contributed by atoms with Gasteiger partial charge in [0, 0.05) is 34.5 Å². The molecular formula is C20H23N5O2S. The number of hydrogen-bond donors (Lipinski definition) is 2. The first kappa shape index (κ1) is 19.0. The first-order chi connectivity index (χ1) is 13.4. The SMILES string of the molecule is Cc1ccc(SCC2CC(=O)C3C(=O)N(c4nc(C)cc(C)n4)NC3N2)cc1. The van der Waals surface area contributed by atoms with Crippen molar-refractivity contribution >= 4 is 29.4 Å². The van der Waals surface area contributed by atoms with Crippen LogP contribution in [0.1, 0.15) is 23.4 Å². The van der Waals surface area contributed by atoms with Crippen molar-refractivity contribution in [2.45, 2.75) is 44.3 Å². The van der Waals surface area contributed by atoms with Crippen molar-refractivity contribution in [3.63, 3.8) is 0 Å². The van der Waals surface area contributed by atoms with Crippen molar-refractivity contribution in [3.8, 4) is 0 Å². The number of aryl methyl sites for hydroxylation is 3. The number of thioether (sulfide) groups is 1. The van der Waals surface area contributed by atoms with Crippen LogP contribution in [-0.4, -0.2) is 39.6 Å². The Morgan fingerprint density at radius 1 is 1.11 bits per heavy atom. The van der Waals surface area contributed by atoms with Gasteiger partial charge in [-0.25, -0.2) is 20.4 Å². The normalized spacial score (nSPS) is 24.5. The molecule has 28 heavy (non-hydrogen) atoms. The van der Waals surface area contributed by atoms with E-state index in [9.17, 15) is 9.59 Å². The standard InChI is InChI=1S/C20H23N5O2S/c1-11-4-6-15(7-5-11)28-10-14-9-16(26)17-18(23-14)24-25(19(17)27)20-21-12(2)8-13(3)22-20/h4-8,14,17-18,23-24H,9-10H2,1-3H3. The van der Waals surface area contributed by atoms with Crippen LogP contribution >= 0.6 is 11.8 Å². The van der Waals surface area contributed by atoms with Crippen LogP contribution in [0.2, 0.25) is 0 Å². The van der Waals surface area contributed by atoms with Gasteiger partial charge in [-0.2, -0.15) is 0 Å². The lowest BCUT2D eigenvalue weighted by atomic mass is 9.91. The Labute approximate surface area is 168 Å². The fourth-order valence-electron chi connectivity index (χ4n) is 3.60. The number of amides is 1. The fourth-order valence-corrected chi connectivity index (χ4v) is 4.54. The van der Waals surface area contributed by atoms with E-state index in [-0.39, 0.29) is 23.7 Å². The molecule has 2 aliphatic heterocycles. The number of hydrazine groups is 1. The summed E-state index contributed by atoms with van der Waals surface area (Å²) < 4.78 is 0. The highest BCUT2D eigenvalue weighted by molar-refractivity contribution is 7.99. The quantitative estimate of drug-likeness (QED) is 0.602. The number of aromatic nitrogens is 2. The molecule has 8 heteroatoms. The molecule has 3 atom stereocenters. The number of anilines is 1. The zero-order chi connectivity index (χ0) is 19.8. The lowest BCUT2D eigenvalue weighted by Crippen LogP contribution is -2.56. The van der Waals surface area contributed by atoms with Gasteiger partial charge in [0.2, 0.25) is 5.95 Å². The monoisotopic (exact) mass is 397 g/mol. The molecule has 146 valence electrons. The maximum absolute atomic E-state index is 12.8. The number of carbonyl (C=O) groups is 2. The minimum atomic E-state index is -0.731. The molecule has 0 aliphatic carbocycles. The number of nitrogens with one attached hydrogen (secondary N) is 2. The lowest BCUT2D eigenvalue weighted by molar-refractivity contribution is -0.133. The third kappa shape index (κ3) is 3.80. The first-order valence-electron chi connectivity index (χ1n) is 9.31. The third-order valence-corrected chi connectivity index (χ3v) is 6.11. The Morgan fingerprint density at radius 3 is 2.46 bits per heavy atom. The number of nitrogens with zero attached hydrogens (tertiary/aromatic N) is 3. The van der Waals surface area contributed by atoms with Gasteiger partial charge in [0.15, 0.2) is 0 Å². The summed E-state index contributed by atoms with van der Waals surface area (Å²) in [6, 6.07) is 10.2. The van der Waals surface area contributed by atoms with E-state index in [0.29, 0.717) is 6.42 Å². The number of piperidine rings is 1. The highest BCUT2D eigenvalue weighted by Gasteiger charge is 2.49. The number of hydrogen-bond acceptors (Lipinski definition) is 7. The number of ketones is 1. The molecule has 0 bridgehead atoms. The zero-order valence-electron chi connectivity index (χ0n) is 16.1. The Bertz CT molecular complexity index is 897.